The Bertz CT molecular complexity index is 862. The van der Waals surface area contributed by atoms with Crippen LogP contribution in [-0.2, 0) is 0 Å². The first-order valence-corrected chi connectivity index (χ1v) is 10.5. The second kappa shape index (κ2) is 9.22. The van der Waals surface area contributed by atoms with Gasteiger partial charge in [0.2, 0.25) is 0 Å². The van der Waals surface area contributed by atoms with Crippen molar-refractivity contribution >= 4 is 17.5 Å². The highest BCUT2D eigenvalue weighted by Crippen LogP contribution is 2.27. The second-order valence-corrected chi connectivity index (χ2v) is 8.01. The number of carbonyl (C=O) groups is 1. The summed E-state index contributed by atoms with van der Waals surface area (Å²) in [4.78, 5) is 17.3. The van der Waals surface area contributed by atoms with Gasteiger partial charge in [0, 0.05) is 48.9 Å². The van der Waals surface area contributed by atoms with Crippen LogP contribution in [0.5, 0.6) is 11.5 Å². The fourth-order valence-corrected chi connectivity index (χ4v) is 4.17. The molecule has 30 heavy (non-hydrogen) atoms. The quantitative estimate of drug-likeness (QED) is 0.760. The lowest BCUT2D eigenvalue weighted by molar-refractivity contribution is 0.0544. The minimum absolute atomic E-state index is 0.00315. The smallest absolute Gasteiger partial charge is 0.254 e. The van der Waals surface area contributed by atoms with Crippen LogP contribution in [0.1, 0.15) is 28.4 Å². The van der Waals surface area contributed by atoms with Crippen molar-refractivity contribution in [2.24, 2.45) is 0 Å². The first kappa shape index (κ1) is 20.9. The molecule has 1 amide bonds. The molecule has 2 aromatic carbocycles. The molecule has 2 aromatic rings. The highest BCUT2D eigenvalue weighted by Gasteiger charge is 2.32. The predicted molar refractivity (Wildman–Crippen MR) is 116 cm³/mol. The van der Waals surface area contributed by atoms with E-state index < -0.39 is 0 Å². The van der Waals surface area contributed by atoms with Gasteiger partial charge in [0.25, 0.3) is 5.91 Å². The van der Waals surface area contributed by atoms with E-state index in [0.717, 1.165) is 24.5 Å². The van der Waals surface area contributed by atoms with Gasteiger partial charge in [-0.2, -0.15) is 0 Å². The number of nitrogens with zero attached hydrogens (tertiary/aromatic N) is 2. The van der Waals surface area contributed by atoms with E-state index in [2.05, 4.69) is 27.9 Å². The predicted octanol–water partition coefficient (Wildman–Crippen LogP) is 2.68. The molecule has 2 aliphatic heterocycles. The van der Waals surface area contributed by atoms with Gasteiger partial charge in [-0.3, -0.25) is 9.69 Å². The zero-order valence-electron chi connectivity index (χ0n) is 17.2. The number of hydrogen-bond donors (Lipinski definition) is 2. The summed E-state index contributed by atoms with van der Waals surface area (Å²) in [5.41, 5.74) is 8.59. The van der Waals surface area contributed by atoms with Gasteiger partial charge in [-0.05, 0) is 36.2 Å². The average Bonchev–Trinajstić information content (AvgIpc) is 3.29. The number of halogens is 1. The summed E-state index contributed by atoms with van der Waals surface area (Å²) in [5.74, 6) is 1.24. The Morgan fingerprint density at radius 1 is 0.967 bits per heavy atom. The lowest BCUT2D eigenvalue weighted by Crippen LogP contribution is -2.55. The molecule has 0 aromatic heterocycles. The van der Waals surface area contributed by atoms with Crippen LogP contribution in [0.3, 0.4) is 0 Å². The van der Waals surface area contributed by atoms with Crippen molar-refractivity contribution in [1.29, 1.82) is 0 Å². The van der Waals surface area contributed by atoms with Crippen molar-refractivity contribution in [2.45, 2.75) is 18.6 Å². The lowest BCUT2D eigenvalue weighted by atomic mass is 10.0. The summed E-state index contributed by atoms with van der Waals surface area (Å²) in [6.07, 6.45) is 1.20. The number of benzene rings is 2. The molecule has 0 aliphatic carbocycles. The van der Waals surface area contributed by atoms with Crippen LogP contribution in [0.15, 0.2) is 42.5 Å². The molecule has 0 spiro atoms. The fourth-order valence-electron chi connectivity index (χ4n) is 4.04. The number of hydrazine groups is 1. The molecule has 2 saturated heterocycles. The van der Waals surface area contributed by atoms with E-state index in [9.17, 15) is 4.79 Å². The maximum absolute atomic E-state index is 13.0. The minimum Gasteiger partial charge on any atom is -0.497 e. The van der Waals surface area contributed by atoms with Crippen molar-refractivity contribution in [3.8, 4) is 11.5 Å². The van der Waals surface area contributed by atoms with Crippen molar-refractivity contribution < 1.29 is 14.3 Å². The van der Waals surface area contributed by atoms with Crippen molar-refractivity contribution in [3.05, 3.63) is 58.6 Å². The largest absolute Gasteiger partial charge is 0.497 e. The zero-order chi connectivity index (χ0) is 21.1. The summed E-state index contributed by atoms with van der Waals surface area (Å²) < 4.78 is 10.6. The van der Waals surface area contributed by atoms with Crippen LogP contribution in [0.2, 0.25) is 5.02 Å². The molecule has 2 unspecified atom stereocenters. The third-order valence-corrected chi connectivity index (χ3v) is 6.05. The third-order valence-electron chi connectivity index (χ3n) is 5.80. The monoisotopic (exact) mass is 430 g/mol. The Hall–Kier alpha value is -2.32. The van der Waals surface area contributed by atoms with Crippen LogP contribution in [0, 0.1) is 0 Å². The summed E-state index contributed by atoms with van der Waals surface area (Å²) in [6, 6.07) is 13.5. The number of ether oxygens (including phenoxy) is 2. The molecule has 2 aliphatic rings. The maximum Gasteiger partial charge on any atom is 0.254 e. The van der Waals surface area contributed by atoms with Crippen LogP contribution < -0.4 is 20.3 Å². The standard InChI is InChI=1S/C22H27ClN4O3/c1-29-18-11-16(12-19(13-18)30-2)22(28)27-9-7-26(8-10-27)21-14-20(24-25-21)15-3-5-17(23)6-4-15/h3-6,11-13,20-21,24-25H,7-10,14H2,1-2H3. The molecule has 8 heteroatoms. The molecule has 0 radical (unpaired) electrons. The number of piperazine rings is 1. The van der Waals surface area contributed by atoms with E-state index in [0.29, 0.717) is 30.2 Å². The molecular weight excluding hydrogens is 404 g/mol. The molecule has 0 saturated carbocycles. The van der Waals surface area contributed by atoms with Crippen LogP contribution in [0.25, 0.3) is 0 Å². The first-order valence-electron chi connectivity index (χ1n) is 10.1. The minimum atomic E-state index is 0.00315. The number of hydrogen-bond acceptors (Lipinski definition) is 6. The number of rotatable bonds is 5. The van der Waals surface area contributed by atoms with Gasteiger partial charge >= 0.3 is 0 Å². The summed E-state index contributed by atoms with van der Waals surface area (Å²) in [6.45, 7) is 3.00. The topological polar surface area (TPSA) is 66.1 Å². The van der Waals surface area contributed by atoms with Crippen molar-refractivity contribution in [2.75, 3.05) is 40.4 Å². The van der Waals surface area contributed by atoms with Crippen LogP contribution >= 0.6 is 11.6 Å². The number of amides is 1. The third kappa shape index (κ3) is 4.54. The number of carbonyl (C=O) groups excluding carboxylic acids is 1. The fraction of sp³-hybridized carbons (Fsp3) is 0.409. The van der Waals surface area contributed by atoms with Gasteiger partial charge in [0.15, 0.2) is 0 Å². The molecule has 7 nitrogen and oxygen atoms in total. The Balaban J connectivity index is 1.34. The van der Waals surface area contributed by atoms with Gasteiger partial charge < -0.3 is 14.4 Å². The molecule has 2 atom stereocenters. The SMILES string of the molecule is COc1cc(OC)cc(C(=O)N2CCN(C3CC(c4ccc(Cl)cc4)NN3)CC2)c1. The number of nitrogens with one attached hydrogen (secondary N) is 2. The summed E-state index contributed by atoms with van der Waals surface area (Å²) in [7, 11) is 3.17. The highest BCUT2D eigenvalue weighted by atomic mass is 35.5. The lowest BCUT2D eigenvalue weighted by Gasteiger charge is -2.37. The van der Waals surface area contributed by atoms with Gasteiger partial charge in [0.1, 0.15) is 11.5 Å². The van der Waals surface area contributed by atoms with E-state index >= 15 is 0 Å². The molecular formula is C22H27ClN4O3. The molecule has 2 N–H and O–H groups in total. The van der Waals surface area contributed by atoms with E-state index in [-0.39, 0.29) is 18.1 Å². The molecule has 2 fully saturated rings. The normalized spacial score (nSPS) is 22.2. The van der Waals surface area contributed by atoms with Gasteiger partial charge in [-0.25, -0.2) is 10.9 Å². The zero-order valence-corrected chi connectivity index (χ0v) is 18.0. The molecule has 2 heterocycles. The van der Waals surface area contributed by atoms with E-state index in [1.807, 2.05) is 17.0 Å². The summed E-state index contributed by atoms with van der Waals surface area (Å²) >= 11 is 6.00. The van der Waals surface area contributed by atoms with Crippen LogP contribution in [0.4, 0.5) is 0 Å². The number of methoxy groups -OCH3 is 2. The molecule has 160 valence electrons. The van der Waals surface area contributed by atoms with Gasteiger partial charge in [-0.1, -0.05) is 23.7 Å². The van der Waals surface area contributed by atoms with E-state index in [4.69, 9.17) is 21.1 Å². The summed E-state index contributed by atoms with van der Waals surface area (Å²) in [5, 5.41) is 0.746. The Morgan fingerprint density at radius 3 is 2.20 bits per heavy atom. The average molecular weight is 431 g/mol. The van der Waals surface area contributed by atoms with Crippen molar-refractivity contribution in [3.63, 3.8) is 0 Å². The molecule has 0 bridgehead atoms. The van der Waals surface area contributed by atoms with Crippen LogP contribution in [-0.4, -0.2) is 62.3 Å². The van der Waals surface area contributed by atoms with Gasteiger partial charge in [-0.15, -0.1) is 0 Å². The van der Waals surface area contributed by atoms with Crippen molar-refractivity contribution in [1.82, 2.24) is 20.7 Å². The van der Waals surface area contributed by atoms with Gasteiger partial charge in [0.05, 0.1) is 20.4 Å². The highest BCUT2D eigenvalue weighted by molar-refractivity contribution is 6.30. The Labute approximate surface area is 181 Å². The first-order chi connectivity index (χ1) is 14.6. The van der Waals surface area contributed by atoms with E-state index in [1.54, 1.807) is 32.4 Å². The maximum atomic E-state index is 13.0. The Morgan fingerprint density at radius 2 is 1.60 bits per heavy atom. The Kier molecular flexibility index (Phi) is 6.43. The van der Waals surface area contributed by atoms with E-state index in [1.165, 1.54) is 5.56 Å². The second-order valence-electron chi connectivity index (χ2n) is 7.57. The molecule has 4 rings (SSSR count).